The van der Waals surface area contributed by atoms with Crippen LogP contribution in [0.1, 0.15) is 52.9 Å². The summed E-state index contributed by atoms with van der Waals surface area (Å²) in [5.41, 5.74) is 0.964. The number of fused-ring (bicyclic) bond motifs is 2. The second kappa shape index (κ2) is 6.59. The van der Waals surface area contributed by atoms with E-state index in [4.69, 9.17) is 4.74 Å². The van der Waals surface area contributed by atoms with E-state index in [2.05, 4.69) is 45.0 Å². The summed E-state index contributed by atoms with van der Waals surface area (Å²) in [5.74, 6) is 3.07. The SMILES string of the molecule is C[C@@H]1CC[C@@H]2[C@@H](C1)C1=C(CC[C@H]([Se]c3ccccc3)C1=O)OC2(C)C. The molecule has 0 unspecified atom stereocenters. The van der Waals surface area contributed by atoms with Crippen molar-refractivity contribution in [2.45, 2.75) is 63.3 Å². The van der Waals surface area contributed by atoms with Gasteiger partial charge in [-0.1, -0.05) is 0 Å². The van der Waals surface area contributed by atoms with E-state index in [-0.39, 0.29) is 25.4 Å². The first-order valence-electron chi connectivity index (χ1n) is 9.63. The molecule has 1 heterocycles. The zero-order valence-electron chi connectivity index (χ0n) is 15.5. The van der Waals surface area contributed by atoms with Gasteiger partial charge in [0, 0.05) is 0 Å². The Morgan fingerprint density at radius 2 is 1.88 bits per heavy atom. The fourth-order valence-corrected chi connectivity index (χ4v) is 7.37. The number of rotatable bonds is 2. The average molecular weight is 403 g/mol. The first-order chi connectivity index (χ1) is 12.0. The van der Waals surface area contributed by atoms with Gasteiger partial charge >= 0.3 is 157 Å². The number of carbonyl (C=O) groups excluding carboxylic acids is 1. The van der Waals surface area contributed by atoms with Crippen LogP contribution in [0.3, 0.4) is 0 Å². The molecule has 0 saturated heterocycles. The Labute approximate surface area is 157 Å². The molecule has 4 atom stereocenters. The van der Waals surface area contributed by atoms with E-state index in [9.17, 15) is 4.79 Å². The third kappa shape index (κ3) is 3.22. The van der Waals surface area contributed by atoms with Crippen LogP contribution < -0.4 is 4.46 Å². The van der Waals surface area contributed by atoms with Crippen molar-refractivity contribution in [3.05, 3.63) is 41.7 Å². The normalized spacial score (nSPS) is 34.1. The summed E-state index contributed by atoms with van der Waals surface area (Å²) < 4.78 is 7.75. The molecule has 0 N–H and O–H groups in total. The Bertz CT molecular complexity index is 691. The molecule has 0 amide bonds. The van der Waals surface area contributed by atoms with Crippen LogP contribution in [0.15, 0.2) is 41.7 Å². The standard InChI is InChI=1S/C22H28O2Se/c1-14-9-10-17-16(13-14)20-18(24-22(17,2)3)11-12-19(21(20)23)25-15-7-5-4-6-8-15/h4-8,14,16-17,19H,9-13H2,1-3H3/t14-,16-,17-,19+/m1/s1. The predicted octanol–water partition coefficient (Wildman–Crippen LogP) is 4.28. The third-order valence-electron chi connectivity index (χ3n) is 6.28. The van der Waals surface area contributed by atoms with E-state index in [0.29, 0.717) is 17.6 Å². The zero-order chi connectivity index (χ0) is 17.6. The molecule has 2 aliphatic carbocycles. The number of hydrogen-bond donors (Lipinski definition) is 0. The molecule has 4 rings (SSSR count). The molecule has 25 heavy (non-hydrogen) atoms. The Hall–Kier alpha value is -1.05. The second-order valence-electron chi connectivity index (χ2n) is 8.50. The van der Waals surface area contributed by atoms with Crippen molar-refractivity contribution in [3.63, 3.8) is 0 Å². The minimum absolute atomic E-state index is 0.124. The Morgan fingerprint density at radius 3 is 2.64 bits per heavy atom. The molecule has 1 aromatic rings. The van der Waals surface area contributed by atoms with Crippen molar-refractivity contribution in [2.75, 3.05) is 0 Å². The molecule has 1 fully saturated rings. The van der Waals surface area contributed by atoms with Crippen LogP contribution in [-0.4, -0.2) is 26.3 Å². The van der Waals surface area contributed by atoms with Gasteiger partial charge in [-0.3, -0.25) is 0 Å². The monoisotopic (exact) mass is 404 g/mol. The fourth-order valence-electron chi connectivity index (χ4n) is 5.04. The molecule has 2 nitrogen and oxygen atoms in total. The molecular weight excluding hydrogens is 375 g/mol. The van der Waals surface area contributed by atoms with E-state index in [0.717, 1.165) is 36.5 Å². The van der Waals surface area contributed by atoms with Gasteiger partial charge < -0.3 is 0 Å². The van der Waals surface area contributed by atoms with Gasteiger partial charge in [-0.2, -0.15) is 0 Å². The first-order valence-corrected chi connectivity index (χ1v) is 11.5. The van der Waals surface area contributed by atoms with Crippen LogP contribution in [0.5, 0.6) is 0 Å². The molecule has 1 aromatic carbocycles. The number of Topliss-reactive ketones (excluding diaryl/α,β-unsaturated/α-hetero) is 1. The van der Waals surface area contributed by atoms with Crippen molar-refractivity contribution >= 4 is 25.2 Å². The van der Waals surface area contributed by atoms with Crippen LogP contribution in [0.2, 0.25) is 4.82 Å². The van der Waals surface area contributed by atoms with Crippen molar-refractivity contribution in [3.8, 4) is 0 Å². The van der Waals surface area contributed by atoms with E-state index in [1.54, 1.807) is 0 Å². The summed E-state index contributed by atoms with van der Waals surface area (Å²) in [6.45, 7) is 6.81. The van der Waals surface area contributed by atoms with Crippen molar-refractivity contribution in [1.29, 1.82) is 0 Å². The van der Waals surface area contributed by atoms with Crippen LogP contribution in [-0.2, 0) is 9.53 Å². The molecule has 0 spiro atoms. The molecule has 0 aromatic heterocycles. The molecule has 3 aliphatic rings. The number of hydrogen-bond acceptors (Lipinski definition) is 2. The van der Waals surface area contributed by atoms with Crippen LogP contribution >= 0.6 is 0 Å². The molecule has 0 bridgehead atoms. The second-order valence-corrected chi connectivity index (χ2v) is 11.2. The number of carbonyl (C=O) groups is 1. The van der Waals surface area contributed by atoms with Crippen LogP contribution in [0.25, 0.3) is 0 Å². The molecule has 0 radical (unpaired) electrons. The summed E-state index contributed by atoms with van der Waals surface area (Å²) in [7, 11) is 0. The van der Waals surface area contributed by atoms with Crippen LogP contribution in [0.4, 0.5) is 0 Å². The summed E-state index contributed by atoms with van der Waals surface area (Å²) in [6, 6.07) is 10.6. The summed E-state index contributed by atoms with van der Waals surface area (Å²) in [4.78, 5) is 13.6. The Morgan fingerprint density at radius 1 is 1.12 bits per heavy atom. The average Bonchev–Trinajstić information content (AvgIpc) is 2.57. The summed E-state index contributed by atoms with van der Waals surface area (Å²) >= 11 is 0.222. The number of ketones is 1. The number of ether oxygens (including phenoxy) is 1. The summed E-state index contributed by atoms with van der Waals surface area (Å²) in [5, 5.41) is 0. The quantitative estimate of drug-likeness (QED) is 0.689. The number of allylic oxidation sites excluding steroid dienone is 2. The van der Waals surface area contributed by atoms with Gasteiger partial charge in [0.1, 0.15) is 0 Å². The molecule has 3 heteroatoms. The third-order valence-corrected chi connectivity index (χ3v) is 8.96. The predicted molar refractivity (Wildman–Crippen MR) is 102 cm³/mol. The van der Waals surface area contributed by atoms with E-state index in [1.165, 1.54) is 17.3 Å². The van der Waals surface area contributed by atoms with Crippen molar-refractivity contribution in [1.82, 2.24) is 0 Å². The maximum atomic E-state index is 13.4. The van der Waals surface area contributed by atoms with Gasteiger partial charge in [-0.15, -0.1) is 0 Å². The molecule has 1 saturated carbocycles. The molecule has 1 aliphatic heterocycles. The Balaban J connectivity index is 1.63. The van der Waals surface area contributed by atoms with Gasteiger partial charge in [0.2, 0.25) is 0 Å². The van der Waals surface area contributed by atoms with Gasteiger partial charge in [0.25, 0.3) is 0 Å². The van der Waals surface area contributed by atoms with Gasteiger partial charge in [0.15, 0.2) is 0 Å². The van der Waals surface area contributed by atoms with Crippen LogP contribution in [0, 0.1) is 17.8 Å². The van der Waals surface area contributed by atoms with Crippen molar-refractivity contribution in [2.24, 2.45) is 17.8 Å². The number of benzene rings is 1. The first kappa shape index (κ1) is 17.4. The van der Waals surface area contributed by atoms with E-state index in [1.807, 2.05) is 6.07 Å². The topological polar surface area (TPSA) is 26.3 Å². The zero-order valence-corrected chi connectivity index (χ0v) is 17.2. The summed E-state index contributed by atoms with van der Waals surface area (Å²) in [6.07, 6.45) is 5.52. The van der Waals surface area contributed by atoms with Gasteiger partial charge in [-0.05, 0) is 0 Å². The molecular formula is C22H28O2Se. The Kier molecular flexibility index (Phi) is 4.58. The molecule has 134 valence electrons. The maximum absolute atomic E-state index is 13.4. The van der Waals surface area contributed by atoms with Gasteiger partial charge in [-0.25, -0.2) is 0 Å². The van der Waals surface area contributed by atoms with Crippen molar-refractivity contribution < 1.29 is 9.53 Å². The van der Waals surface area contributed by atoms with E-state index < -0.39 is 0 Å². The minimum atomic E-state index is -0.124. The fraction of sp³-hybridized carbons (Fsp3) is 0.591. The van der Waals surface area contributed by atoms with E-state index >= 15 is 0 Å². The van der Waals surface area contributed by atoms with Gasteiger partial charge in [0.05, 0.1) is 0 Å².